The van der Waals surface area contributed by atoms with E-state index in [0.717, 1.165) is 11.1 Å². The van der Waals surface area contributed by atoms with Gasteiger partial charge >= 0.3 is 5.97 Å². The molecule has 136 valence electrons. The maximum Gasteiger partial charge on any atom is 0.338 e. The van der Waals surface area contributed by atoms with Gasteiger partial charge in [0.15, 0.2) is 11.5 Å². The Morgan fingerprint density at radius 1 is 0.815 bits per heavy atom. The van der Waals surface area contributed by atoms with Crippen LogP contribution in [0, 0.1) is 0 Å². The van der Waals surface area contributed by atoms with Crippen molar-refractivity contribution >= 4 is 5.97 Å². The minimum absolute atomic E-state index is 0.168. The highest BCUT2D eigenvalue weighted by Gasteiger charge is 2.14. The number of hydrogen-bond acceptors (Lipinski definition) is 5. The van der Waals surface area contributed by atoms with Crippen molar-refractivity contribution in [1.29, 1.82) is 0 Å². The molecule has 0 unspecified atom stereocenters. The zero-order valence-corrected chi connectivity index (χ0v) is 14.6. The molecule has 4 rings (SSSR count). The quantitative estimate of drug-likeness (QED) is 0.610. The smallest absolute Gasteiger partial charge is 0.338 e. The van der Waals surface area contributed by atoms with Gasteiger partial charge in [0.2, 0.25) is 6.79 Å². The van der Waals surface area contributed by atoms with Crippen LogP contribution in [0.15, 0.2) is 72.8 Å². The average molecular weight is 362 g/mol. The topological polar surface area (TPSA) is 54.0 Å². The molecule has 0 radical (unpaired) electrons. The molecule has 0 spiro atoms. The van der Waals surface area contributed by atoms with Crippen molar-refractivity contribution in [2.24, 2.45) is 0 Å². The van der Waals surface area contributed by atoms with E-state index in [0.29, 0.717) is 29.4 Å². The molecular formula is C22H18O5. The van der Waals surface area contributed by atoms with Gasteiger partial charge in [0.25, 0.3) is 0 Å². The van der Waals surface area contributed by atoms with E-state index in [9.17, 15) is 4.79 Å². The first kappa shape index (κ1) is 17.0. The second kappa shape index (κ2) is 7.83. The fourth-order valence-electron chi connectivity index (χ4n) is 2.69. The monoisotopic (exact) mass is 362 g/mol. The molecule has 3 aromatic carbocycles. The largest absolute Gasteiger partial charge is 0.489 e. The van der Waals surface area contributed by atoms with Gasteiger partial charge in [-0.15, -0.1) is 0 Å². The Morgan fingerprint density at radius 2 is 1.59 bits per heavy atom. The minimum Gasteiger partial charge on any atom is -0.489 e. The Morgan fingerprint density at radius 3 is 2.41 bits per heavy atom. The SMILES string of the molecule is O=C(OCc1ccc2c(c1)OCO2)c1ccc(OCc2ccccc2)cc1. The third kappa shape index (κ3) is 4.20. The second-order valence-corrected chi connectivity index (χ2v) is 6.06. The van der Waals surface area contributed by atoms with Crippen LogP contribution in [0.4, 0.5) is 0 Å². The molecule has 0 aromatic heterocycles. The molecule has 1 aliphatic rings. The number of benzene rings is 3. The zero-order valence-electron chi connectivity index (χ0n) is 14.6. The van der Waals surface area contributed by atoms with Crippen molar-refractivity contribution in [3.05, 3.63) is 89.5 Å². The maximum atomic E-state index is 12.2. The summed E-state index contributed by atoms with van der Waals surface area (Å²) in [6.07, 6.45) is 0. The number of esters is 1. The summed E-state index contributed by atoms with van der Waals surface area (Å²) in [5.41, 5.74) is 2.41. The second-order valence-electron chi connectivity index (χ2n) is 6.06. The van der Waals surface area contributed by atoms with E-state index in [4.69, 9.17) is 18.9 Å². The van der Waals surface area contributed by atoms with Crippen LogP contribution in [0.1, 0.15) is 21.5 Å². The Bertz CT molecular complexity index is 919. The summed E-state index contributed by atoms with van der Waals surface area (Å²) in [5, 5.41) is 0. The summed E-state index contributed by atoms with van der Waals surface area (Å²) in [5.74, 6) is 1.69. The molecular weight excluding hydrogens is 344 g/mol. The lowest BCUT2D eigenvalue weighted by molar-refractivity contribution is 0.0472. The maximum absolute atomic E-state index is 12.2. The molecule has 1 aliphatic heterocycles. The summed E-state index contributed by atoms with van der Waals surface area (Å²) in [7, 11) is 0. The fourth-order valence-corrected chi connectivity index (χ4v) is 2.69. The number of ether oxygens (including phenoxy) is 4. The van der Waals surface area contributed by atoms with Gasteiger partial charge in [-0.2, -0.15) is 0 Å². The molecule has 27 heavy (non-hydrogen) atoms. The summed E-state index contributed by atoms with van der Waals surface area (Å²) in [4.78, 5) is 12.2. The minimum atomic E-state index is -0.387. The number of fused-ring (bicyclic) bond motifs is 1. The molecule has 5 heteroatoms. The zero-order chi connectivity index (χ0) is 18.5. The van der Waals surface area contributed by atoms with Crippen LogP contribution in [0.3, 0.4) is 0 Å². The lowest BCUT2D eigenvalue weighted by Gasteiger charge is -2.08. The highest BCUT2D eigenvalue weighted by Crippen LogP contribution is 2.32. The summed E-state index contributed by atoms with van der Waals surface area (Å²) >= 11 is 0. The van der Waals surface area contributed by atoms with E-state index in [1.807, 2.05) is 48.5 Å². The molecule has 0 fully saturated rings. The molecule has 0 bridgehead atoms. The normalized spacial score (nSPS) is 11.9. The first-order chi connectivity index (χ1) is 13.3. The standard InChI is InChI=1S/C22H18O5/c23-22(25-14-17-6-11-20-21(12-17)27-15-26-20)18-7-9-19(10-8-18)24-13-16-4-2-1-3-5-16/h1-12H,13-15H2. The van der Waals surface area contributed by atoms with Crippen LogP contribution >= 0.6 is 0 Å². The van der Waals surface area contributed by atoms with Gasteiger partial charge in [-0.1, -0.05) is 36.4 Å². The van der Waals surface area contributed by atoms with Crippen LogP contribution in [-0.4, -0.2) is 12.8 Å². The van der Waals surface area contributed by atoms with E-state index in [1.54, 1.807) is 24.3 Å². The lowest BCUT2D eigenvalue weighted by atomic mass is 10.2. The predicted octanol–water partition coefficient (Wildman–Crippen LogP) is 4.35. The van der Waals surface area contributed by atoms with Gasteiger partial charge in [-0.05, 0) is 47.5 Å². The van der Waals surface area contributed by atoms with Crippen LogP contribution in [0.5, 0.6) is 17.2 Å². The van der Waals surface area contributed by atoms with Crippen molar-refractivity contribution in [3.63, 3.8) is 0 Å². The molecule has 1 heterocycles. The number of carbonyl (C=O) groups excluding carboxylic acids is 1. The lowest BCUT2D eigenvalue weighted by Crippen LogP contribution is -2.05. The summed E-state index contributed by atoms with van der Waals surface area (Å²) in [6, 6.07) is 22.3. The van der Waals surface area contributed by atoms with Gasteiger partial charge in [0.1, 0.15) is 19.0 Å². The van der Waals surface area contributed by atoms with E-state index in [1.165, 1.54) is 0 Å². The van der Waals surface area contributed by atoms with E-state index >= 15 is 0 Å². The predicted molar refractivity (Wildman–Crippen MR) is 98.9 cm³/mol. The first-order valence-corrected chi connectivity index (χ1v) is 8.60. The highest BCUT2D eigenvalue weighted by molar-refractivity contribution is 5.89. The summed E-state index contributed by atoms with van der Waals surface area (Å²) in [6.45, 7) is 0.869. The van der Waals surface area contributed by atoms with Crippen molar-refractivity contribution in [1.82, 2.24) is 0 Å². The van der Waals surface area contributed by atoms with Crippen LogP contribution in [0.25, 0.3) is 0 Å². The van der Waals surface area contributed by atoms with Crippen LogP contribution in [0.2, 0.25) is 0 Å². The summed E-state index contributed by atoms with van der Waals surface area (Å²) < 4.78 is 21.7. The highest BCUT2D eigenvalue weighted by atomic mass is 16.7. The van der Waals surface area contributed by atoms with Crippen molar-refractivity contribution in [3.8, 4) is 17.2 Å². The molecule has 0 N–H and O–H groups in total. The molecule has 0 saturated carbocycles. The Balaban J connectivity index is 1.31. The van der Waals surface area contributed by atoms with Gasteiger partial charge in [0.05, 0.1) is 5.56 Å². The Labute approximate surface area is 157 Å². The number of rotatable bonds is 6. The molecule has 3 aromatic rings. The van der Waals surface area contributed by atoms with Crippen molar-refractivity contribution < 1.29 is 23.7 Å². The number of hydrogen-bond donors (Lipinski definition) is 0. The van der Waals surface area contributed by atoms with Gasteiger partial charge < -0.3 is 18.9 Å². The van der Waals surface area contributed by atoms with Crippen molar-refractivity contribution in [2.45, 2.75) is 13.2 Å². The fraction of sp³-hybridized carbons (Fsp3) is 0.136. The Kier molecular flexibility index (Phi) is 4.92. The molecule has 5 nitrogen and oxygen atoms in total. The van der Waals surface area contributed by atoms with Gasteiger partial charge in [-0.25, -0.2) is 4.79 Å². The molecule has 0 amide bonds. The van der Waals surface area contributed by atoms with Crippen molar-refractivity contribution in [2.75, 3.05) is 6.79 Å². The van der Waals surface area contributed by atoms with E-state index < -0.39 is 0 Å². The Hall–Kier alpha value is -3.47. The van der Waals surface area contributed by atoms with Gasteiger partial charge in [0, 0.05) is 0 Å². The van der Waals surface area contributed by atoms with E-state index in [-0.39, 0.29) is 19.4 Å². The average Bonchev–Trinajstić information content (AvgIpc) is 3.19. The van der Waals surface area contributed by atoms with Gasteiger partial charge in [-0.3, -0.25) is 0 Å². The number of carbonyl (C=O) groups is 1. The molecule has 0 atom stereocenters. The third-order valence-corrected chi connectivity index (χ3v) is 4.15. The first-order valence-electron chi connectivity index (χ1n) is 8.60. The van der Waals surface area contributed by atoms with Crippen LogP contribution in [-0.2, 0) is 18.0 Å². The molecule has 0 aliphatic carbocycles. The third-order valence-electron chi connectivity index (χ3n) is 4.15. The van der Waals surface area contributed by atoms with Crippen LogP contribution < -0.4 is 14.2 Å². The molecule has 0 saturated heterocycles. The van der Waals surface area contributed by atoms with E-state index in [2.05, 4.69) is 0 Å².